The highest BCUT2D eigenvalue weighted by Crippen LogP contribution is 2.47. The van der Waals surface area contributed by atoms with Crippen LogP contribution in [-0.4, -0.2) is 28.4 Å². The van der Waals surface area contributed by atoms with E-state index in [1.165, 1.54) is 0 Å². The van der Waals surface area contributed by atoms with Gasteiger partial charge in [-0.05, 0) is 193 Å². The molecule has 0 atom stereocenters. The Morgan fingerprint density at radius 2 is 0.375 bits per heavy atom. The number of benzene rings is 10. The van der Waals surface area contributed by atoms with E-state index in [-0.39, 0.29) is 0 Å². The Morgan fingerprint density at radius 1 is 0.194 bits per heavy atom. The maximum atomic E-state index is 5.66. The van der Waals surface area contributed by atoms with Gasteiger partial charge in [-0.2, -0.15) is 0 Å². The minimum absolute atomic E-state index is 0.778. The fraction of sp³-hybridized carbons (Fsp3) is 0.0625. The normalized spacial score (nSPS) is 10.8. The third-order valence-electron chi connectivity index (χ3n) is 12.6. The molecular weight excluding hydrogens is 889 g/mol. The van der Waals surface area contributed by atoms with Crippen LogP contribution < -0.4 is 38.5 Å². The molecule has 10 rings (SSSR count). The number of hydrogen-bond donors (Lipinski definition) is 0. The van der Waals surface area contributed by atoms with Crippen molar-refractivity contribution in [3.8, 4) is 34.1 Å². The standard InChI is InChI=1S/C64H54N4O4/c1-69-61-33-25-53(26-34-61)65(49-17-9-5-10-18-49)57-41-47(42-58(45-57)66(50-19-11-6-12-20-50)54-27-35-62(70-2)36-28-54)48-43-59(67(51-21-13-7-14-22-51)55-29-37-63(71-3)38-30-55)46-60(44-48)68(52-23-15-8-16-24-52)56-31-39-64(72-4)40-32-56/h5-46H,1-4H3. The van der Waals surface area contributed by atoms with E-state index in [1.807, 2.05) is 72.8 Å². The van der Waals surface area contributed by atoms with Crippen molar-refractivity contribution in [1.29, 1.82) is 0 Å². The van der Waals surface area contributed by atoms with Crippen LogP contribution in [0.4, 0.5) is 68.2 Å². The van der Waals surface area contributed by atoms with Gasteiger partial charge < -0.3 is 38.5 Å². The van der Waals surface area contributed by atoms with Gasteiger partial charge in [0.1, 0.15) is 23.0 Å². The molecule has 10 aromatic carbocycles. The van der Waals surface area contributed by atoms with Crippen LogP contribution in [0.5, 0.6) is 23.0 Å². The van der Waals surface area contributed by atoms with Gasteiger partial charge in [-0.1, -0.05) is 72.8 Å². The molecule has 0 spiro atoms. The molecule has 0 aromatic heterocycles. The lowest BCUT2D eigenvalue weighted by molar-refractivity contribution is 0.414. The monoisotopic (exact) mass is 942 g/mol. The fourth-order valence-electron chi connectivity index (χ4n) is 9.06. The van der Waals surface area contributed by atoms with Crippen molar-refractivity contribution in [2.24, 2.45) is 0 Å². The van der Waals surface area contributed by atoms with Gasteiger partial charge >= 0.3 is 0 Å². The highest BCUT2D eigenvalue weighted by molar-refractivity contribution is 5.92. The molecule has 354 valence electrons. The summed E-state index contributed by atoms with van der Waals surface area (Å²) in [5, 5.41) is 0. The fourth-order valence-corrected chi connectivity index (χ4v) is 9.06. The van der Waals surface area contributed by atoms with Gasteiger partial charge in [0, 0.05) is 68.2 Å². The lowest BCUT2D eigenvalue weighted by Crippen LogP contribution is -2.14. The van der Waals surface area contributed by atoms with Crippen LogP contribution in [0.25, 0.3) is 11.1 Å². The molecule has 0 bridgehead atoms. The second-order valence-electron chi connectivity index (χ2n) is 17.0. The summed E-state index contributed by atoms with van der Waals surface area (Å²) in [4.78, 5) is 9.20. The Bertz CT molecular complexity index is 2880. The Labute approximate surface area is 422 Å². The quantitative estimate of drug-likeness (QED) is 0.0895. The van der Waals surface area contributed by atoms with Crippen LogP contribution in [-0.2, 0) is 0 Å². The number of rotatable bonds is 17. The average Bonchev–Trinajstić information content (AvgIpc) is 3.45. The van der Waals surface area contributed by atoms with E-state index in [2.05, 4.69) is 202 Å². The highest BCUT2D eigenvalue weighted by Gasteiger charge is 2.23. The number of hydrogen-bond acceptors (Lipinski definition) is 8. The molecule has 0 saturated heterocycles. The number of anilines is 12. The van der Waals surface area contributed by atoms with Crippen molar-refractivity contribution in [2.75, 3.05) is 48.0 Å². The molecule has 0 radical (unpaired) electrons. The first kappa shape index (κ1) is 46.3. The molecule has 0 aliphatic carbocycles. The Hall–Kier alpha value is -9.40. The topological polar surface area (TPSA) is 49.9 Å². The molecule has 0 saturated carbocycles. The van der Waals surface area contributed by atoms with E-state index in [4.69, 9.17) is 18.9 Å². The summed E-state index contributed by atoms with van der Waals surface area (Å²) in [7, 11) is 6.78. The maximum absolute atomic E-state index is 5.66. The van der Waals surface area contributed by atoms with Crippen LogP contribution in [0.2, 0.25) is 0 Å². The van der Waals surface area contributed by atoms with Crippen molar-refractivity contribution in [1.82, 2.24) is 0 Å². The van der Waals surface area contributed by atoms with Crippen molar-refractivity contribution >= 4 is 68.2 Å². The molecule has 0 amide bonds. The molecule has 0 fully saturated rings. The predicted molar refractivity (Wildman–Crippen MR) is 297 cm³/mol. The van der Waals surface area contributed by atoms with Gasteiger partial charge in [-0.3, -0.25) is 0 Å². The number of ether oxygens (including phenoxy) is 4. The predicted octanol–water partition coefficient (Wildman–Crippen LogP) is 17.3. The summed E-state index contributed by atoms with van der Waals surface area (Å²) >= 11 is 0. The van der Waals surface area contributed by atoms with Gasteiger partial charge in [0.15, 0.2) is 0 Å². The summed E-state index contributed by atoms with van der Waals surface area (Å²) in [5.74, 6) is 3.11. The number of methoxy groups -OCH3 is 4. The van der Waals surface area contributed by atoms with Crippen LogP contribution in [0, 0.1) is 0 Å². The van der Waals surface area contributed by atoms with E-state index in [0.717, 1.165) is 102 Å². The van der Waals surface area contributed by atoms with E-state index in [0.29, 0.717) is 0 Å². The second kappa shape index (κ2) is 21.5. The molecule has 0 aliphatic rings. The molecular formula is C64H54N4O4. The zero-order valence-electron chi connectivity index (χ0n) is 40.7. The first-order chi connectivity index (χ1) is 35.5. The molecule has 0 heterocycles. The van der Waals surface area contributed by atoms with Crippen LogP contribution >= 0.6 is 0 Å². The first-order valence-corrected chi connectivity index (χ1v) is 23.8. The summed E-state index contributed by atoms with van der Waals surface area (Å²) < 4.78 is 22.6. The van der Waals surface area contributed by atoms with E-state index in [1.54, 1.807) is 28.4 Å². The van der Waals surface area contributed by atoms with Gasteiger partial charge in [-0.15, -0.1) is 0 Å². The van der Waals surface area contributed by atoms with Crippen molar-refractivity contribution in [3.05, 3.63) is 255 Å². The highest BCUT2D eigenvalue weighted by atomic mass is 16.5. The molecule has 0 aliphatic heterocycles. The minimum atomic E-state index is 0.778. The zero-order valence-corrected chi connectivity index (χ0v) is 40.7. The van der Waals surface area contributed by atoms with Gasteiger partial charge in [-0.25, -0.2) is 0 Å². The number of nitrogens with zero attached hydrogens (tertiary/aromatic N) is 4. The van der Waals surface area contributed by atoms with Gasteiger partial charge in [0.2, 0.25) is 0 Å². The summed E-state index contributed by atoms with van der Waals surface area (Å²) in [6.07, 6.45) is 0. The largest absolute Gasteiger partial charge is 0.497 e. The summed E-state index contributed by atoms with van der Waals surface area (Å²) in [6.45, 7) is 0. The molecule has 0 N–H and O–H groups in total. The molecule has 72 heavy (non-hydrogen) atoms. The molecule has 0 unspecified atom stereocenters. The second-order valence-corrected chi connectivity index (χ2v) is 17.0. The van der Waals surface area contributed by atoms with Crippen molar-refractivity contribution in [2.45, 2.75) is 0 Å². The smallest absolute Gasteiger partial charge is 0.119 e. The summed E-state index contributed by atoms with van der Waals surface area (Å²) in [5.41, 5.74) is 13.7. The zero-order chi connectivity index (χ0) is 49.2. The first-order valence-electron chi connectivity index (χ1n) is 23.8. The summed E-state index contributed by atoms with van der Waals surface area (Å²) in [6, 6.07) is 88.6. The molecule has 8 nitrogen and oxygen atoms in total. The van der Waals surface area contributed by atoms with Crippen LogP contribution in [0.15, 0.2) is 255 Å². The third kappa shape index (κ3) is 10.0. The van der Waals surface area contributed by atoms with Crippen molar-refractivity contribution in [3.63, 3.8) is 0 Å². The average molecular weight is 943 g/mol. The Kier molecular flexibility index (Phi) is 13.8. The van der Waals surface area contributed by atoms with Gasteiger partial charge in [0.05, 0.1) is 28.4 Å². The SMILES string of the molecule is COc1ccc(N(c2ccccc2)c2cc(-c3cc(N(c4ccccc4)c4ccc(OC)cc4)cc(N(c4ccccc4)c4ccc(OC)cc4)c3)cc(N(c3ccccc3)c3ccc(OC)cc3)c2)cc1. The number of para-hydroxylation sites is 4. The molecule has 10 aromatic rings. The lowest BCUT2D eigenvalue weighted by Gasteiger charge is -2.32. The Balaban J connectivity index is 1.29. The lowest BCUT2D eigenvalue weighted by atomic mass is 9.99. The van der Waals surface area contributed by atoms with E-state index >= 15 is 0 Å². The van der Waals surface area contributed by atoms with Gasteiger partial charge in [0.25, 0.3) is 0 Å². The van der Waals surface area contributed by atoms with Crippen LogP contribution in [0.3, 0.4) is 0 Å². The Morgan fingerprint density at radius 3 is 0.556 bits per heavy atom. The van der Waals surface area contributed by atoms with E-state index < -0.39 is 0 Å². The minimum Gasteiger partial charge on any atom is -0.497 e. The van der Waals surface area contributed by atoms with Crippen LogP contribution in [0.1, 0.15) is 0 Å². The van der Waals surface area contributed by atoms with Crippen molar-refractivity contribution < 1.29 is 18.9 Å². The molecule has 8 heteroatoms. The maximum Gasteiger partial charge on any atom is 0.119 e. The van der Waals surface area contributed by atoms with E-state index in [9.17, 15) is 0 Å². The third-order valence-corrected chi connectivity index (χ3v) is 12.6.